The molecular formula is C29H29N2O10P. The third kappa shape index (κ3) is 6.33. The Hall–Kier alpha value is -4.19. The molecule has 1 saturated heterocycles. The van der Waals surface area contributed by atoms with E-state index in [1.54, 1.807) is 41.1 Å². The molecule has 5 atom stereocenters. The Morgan fingerprint density at radius 2 is 1.64 bits per heavy atom. The van der Waals surface area contributed by atoms with Gasteiger partial charge >= 0.3 is 19.5 Å². The van der Waals surface area contributed by atoms with Crippen LogP contribution in [0.15, 0.2) is 85.1 Å². The van der Waals surface area contributed by atoms with E-state index in [-0.39, 0.29) is 22.6 Å². The van der Waals surface area contributed by atoms with Crippen LogP contribution in [0.1, 0.15) is 26.9 Å². The highest BCUT2D eigenvalue weighted by Gasteiger charge is 2.50. The number of phenols is 1. The third-order valence-electron chi connectivity index (χ3n) is 7.09. The van der Waals surface area contributed by atoms with Crippen LogP contribution in [0.3, 0.4) is 0 Å². The quantitative estimate of drug-likeness (QED) is 0.114. The van der Waals surface area contributed by atoms with Gasteiger partial charge in [0.05, 0.1) is 28.9 Å². The summed E-state index contributed by atoms with van der Waals surface area (Å²) in [5, 5.41) is 21.7. The maximum atomic E-state index is 13.2. The number of nitrogens with two attached hydrogens (primary N) is 1. The Morgan fingerprint density at radius 1 is 0.952 bits per heavy atom. The minimum Gasteiger partial charge on any atom is -0.508 e. The number of carbonyl (C=O) groups excluding carboxylic acids is 2. The number of anilines is 1. The summed E-state index contributed by atoms with van der Waals surface area (Å²) in [6.07, 6.45) is -4.63. The van der Waals surface area contributed by atoms with Crippen molar-refractivity contribution < 1.29 is 48.4 Å². The first-order valence-corrected chi connectivity index (χ1v) is 14.8. The summed E-state index contributed by atoms with van der Waals surface area (Å²) in [5.41, 5.74) is 6.88. The number of carbonyl (C=O) groups is 2. The van der Waals surface area contributed by atoms with E-state index in [0.29, 0.717) is 5.52 Å². The van der Waals surface area contributed by atoms with Crippen molar-refractivity contribution in [3.05, 3.63) is 96.2 Å². The van der Waals surface area contributed by atoms with Crippen LogP contribution < -0.4 is 5.73 Å². The summed E-state index contributed by atoms with van der Waals surface area (Å²) in [6.45, 7) is -0.486. The lowest BCUT2D eigenvalue weighted by molar-refractivity contribution is -0.228. The Labute approximate surface area is 240 Å². The maximum Gasteiger partial charge on any atom is 0.340 e. The standard InChI is InChI=1S/C29H29N2O10P/c30-22-7-3-2-6-20(22)29(35)39-15-24-25(33)21(16-42(36,37)38)26(41-28(34)18-9-11-19(32)12-10-18)27(40-24)31-14-13-17-5-1-4-8-23(17)31/h1-14,21,24-27,32-33H,15-16,30H2,(H2,36,37,38)/t21-,24+,25-,26+,27+/m0/s1. The van der Waals surface area contributed by atoms with Gasteiger partial charge in [-0.3, -0.25) is 4.57 Å². The maximum absolute atomic E-state index is 13.2. The third-order valence-corrected chi connectivity index (χ3v) is 7.99. The van der Waals surface area contributed by atoms with E-state index in [4.69, 9.17) is 19.9 Å². The van der Waals surface area contributed by atoms with E-state index < -0.39 is 62.8 Å². The van der Waals surface area contributed by atoms with Crippen molar-refractivity contribution in [2.75, 3.05) is 18.5 Å². The number of benzene rings is 3. The van der Waals surface area contributed by atoms with Gasteiger partial charge in [-0.05, 0) is 53.9 Å². The largest absolute Gasteiger partial charge is 0.508 e. The number of hydrogen-bond donors (Lipinski definition) is 5. The number of phenolic OH excluding ortho intramolecular Hbond substituents is 1. The van der Waals surface area contributed by atoms with Gasteiger partial charge in [0, 0.05) is 17.8 Å². The molecule has 0 spiro atoms. The van der Waals surface area contributed by atoms with Gasteiger partial charge in [0.1, 0.15) is 18.5 Å². The fraction of sp³-hybridized carbons (Fsp3) is 0.241. The van der Waals surface area contributed by atoms with Crippen molar-refractivity contribution in [3.63, 3.8) is 0 Å². The van der Waals surface area contributed by atoms with E-state index in [1.165, 1.54) is 36.4 Å². The monoisotopic (exact) mass is 596 g/mol. The number of aromatic hydroxyl groups is 1. The number of esters is 2. The molecule has 3 aromatic carbocycles. The number of rotatable bonds is 8. The van der Waals surface area contributed by atoms with Gasteiger partial charge in [-0.25, -0.2) is 9.59 Å². The van der Waals surface area contributed by atoms with Gasteiger partial charge in [-0.15, -0.1) is 0 Å². The summed E-state index contributed by atoms with van der Waals surface area (Å²) in [4.78, 5) is 45.8. The van der Waals surface area contributed by atoms with E-state index in [0.717, 1.165) is 5.39 Å². The molecule has 4 aromatic rings. The molecule has 42 heavy (non-hydrogen) atoms. The highest BCUT2D eigenvalue weighted by molar-refractivity contribution is 7.51. The van der Waals surface area contributed by atoms with Crippen molar-refractivity contribution in [1.29, 1.82) is 0 Å². The van der Waals surface area contributed by atoms with Gasteiger partial charge in [-0.2, -0.15) is 0 Å². The molecule has 0 aliphatic carbocycles. The Kier molecular flexibility index (Phi) is 8.35. The highest BCUT2D eigenvalue weighted by Crippen LogP contribution is 2.45. The van der Waals surface area contributed by atoms with Crippen LogP contribution in [0, 0.1) is 5.92 Å². The van der Waals surface area contributed by atoms with E-state index in [1.807, 2.05) is 12.1 Å². The summed E-state index contributed by atoms with van der Waals surface area (Å²) >= 11 is 0. The lowest BCUT2D eigenvalue weighted by atomic mass is 9.89. The van der Waals surface area contributed by atoms with Gasteiger partial charge in [-0.1, -0.05) is 30.3 Å². The fourth-order valence-electron chi connectivity index (χ4n) is 5.05. The lowest BCUT2D eigenvalue weighted by Crippen LogP contribution is -2.56. The summed E-state index contributed by atoms with van der Waals surface area (Å²) < 4.78 is 31.3. The number of aliphatic hydroxyl groups is 1. The molecule has 5 rings (SSSR count). The molecule has 0 unspecified atom stereocenters. The number of nitrogen functional groups attached to an aromatic ring is 1. The average Bonchev–Trinajstić information content (AvgIpc) is 3.38. The zero-order valence-electron chi connectivity index (χ0n) is 22.1. The summed E-state index contributed by atoms with van der Waals surface area (Å²) in [7, 11) is -4.77. The minimum absolute atomic E-state index is 0.0600. The van der Waals surface area contributed by atoms with Crippen LogP contribution in [0.25, 0.3) is 10.9 Å². The molecule has 1 aromatic heterocycles. The average molecular weight is 597 g/mol. The van der Waals surface area contributed by atoms with Crippen molar-refractivity contribution in [2.24, 2.45) is 5.92 Å². The number of nitrogens with zero attached hydrogens (tertiary/aromatic N) is 1. The number of hydrogen-bond acceptors (Lipinski definition) is 9. The van der Waals surface area contributed by atoms with Crippen LogP contribution in [-0.2, 0) is 18.8 Å². The van der Waals surface area contributed by atoms with Crippen LogP contribution in [0.4, 0.5) is 5.69 Å². The first-order chi connectivity index (χ1) is 20.0. The predicted octanol–water partition coefficient (Wildman–Crippen LogP) is 3.06. The molecule has 13 heteroatoms. The summed E-state index contributed by atoms with van der Waals surface area (Å²) in [5.74, 6) is -3.05. The van der Waals surface area contributed by atoms with Crippen LogP contribution in [0.2, 0.25) is 0 Å². The molecular weight excluding hydrogens is 567 g/mol. The fourth-order valence-corrected chi connectivity index (χ4v) is 6.02. The molecule has 1 aliphatic heterocycles. The van der Waals surface area contributed by atoms with E-state index >= 15 is 0 Å². The van der Waals surface area contributed by atoms with Crippen molar-refractivity contribution >= 4 is 36.1 Å². The molecule has 6 N–H and O–H groups in total. The number of fused-ring (bicyclic) bond motifs is 1. The first kappa shape index (κ1) is 29.3. The van der Waals surface area contributed by atoms with Gasteiger partial charge in [0.15, 0.2) is 12.3 Å². The second-order valence-electron chi connectivity index (χ2n) is 9.95. The van der Waals surface area contributed by atoms with Crippen molar-refractivity contribution in [2.45, 2.75) is 24.5 Å². The number of para-hydroxylation sites is 2. The molecule has 1 aliphatic rings. The second kappa shape index (κ2) is 12.0. The molecule has 12 nitrogen and oxygen atoms in total. The summed E-state index contributed by atoms with van der Waals surface area (Å²) in [6, 6.07) is 20.5. The zero-order valence-corrected chi connectivity index (χ0v) is 23.0. The topological polar surface area (TPSA) is 191 Å². The highest BCUT2D eigenvalue weighted by atomic mass is 31.2. The smallest absolute Gasteiger partial charge is 0.340 e. The number of ether oxygens (including phenoxy) is 3. The molecule has 1 fully saturated rings. The minimum atomic E-state index is -4.77. The molecule has 2 heterocycles. The normalized spacial score (nSPS) is 22.5. The Bertz CT molecular complexity index is 1630. The van der Waals surface area contributed by atoms with E-state index in [2.05, 4.69) is 0 Å². The predicted molar refractivity (Wildman–Crippen MR) is 151 cm³/mol. The van der Waals surface area contributed by atoms with Crippen LogP contribution >= 0.6 is 7.60 Å². The number of aliphatic hydroxyl groups excluding tert-OH is 1. The number of aromatic nitrogens is 1. The lowest BCUT2D eigenvalue weighted by Gasteiger charge is -2.44. The Morgan fingerprint density at radius 3 is 2.36 bits per heavy atom. The molecule has 0 radical (unpaired) electrons. The second-order valence-corrected chi connectivity index (χ2v) is 11.6. The van der Waals surface area contributed by atoms with Gasteiger partial charge in [0.25, 0.3) is 0 Å². The molecule has 0 amide bonds. The van der Waals surface area contributed by atoms with Crippen LogP contribution in [-0.4, -0.2) is 67.6 Å². The van der Waals surface area contributed by atoms with Crippen molar-refractivity contribution in [1.82, 2.24) is 4.57 Å². The first-order valence-electron chi connectivity index (χ1n) is 13.0. The van der Waals surface area contributed by atoms with Gasteiger partial charge < -0.3 is 44.5 Å². The van der Waals surface area contributed by atoms with Crippen molar-refractivity contribution in [3.8, 4) is 5.75 Å². The van der Waals surface area contributed by atoms with Crippen LogP contribution in [0.5, 0.6) is 5.75 Å². The van der Waals surface area contributed by atoms with Gasteiger partial charge in [0.2, 0.25) is 0 Å². The SMILES string of the molecule is Nc1ccccc1C(=O)OC[C@H]1O[C@@H](n2ccc3ccccc32)[C@H](OC(=O)c2ccc(O)cc2)[C@@H](CP(=O)(O)O)[C@@H]1O. The van der Waals surface area contributed by atoms with E-state index in [9.17, 15) is 34.2 Å². The zero-order chi connectivity index (χ0) is 30.0. The molecule has 220 valence electrons. The Balaban J connectivity index is 1.51. The molecule has 0 bridgehead atoms. The molecule has 0 saturated carbocycles.